The number of carbonyl (C=O) groups is 2. The summed E-state index contributed by atoms with van der Waals surface area (Å²) in [6.07, 6.45) is 4.60. The van der Waals surface area contributed by atoms with Crippen LogP contribution in [0.4, 0.5) is 0 Å². The molecule has 0 unspecified atom stereocenters. The molecule has 1 N–H and O–H groups in total. The molecule has 170 valence electrons. The Morgan fingerprint density at radius 3 is 2.56 bits per heavy atom. The number of hydrogen-bond acceptors (Lipinski definition) is 6. The summed E-state index contributed by atoms with van der Waals surface area (Å²) in [5, 5.41) is 2.93. The lowest BCUT2D eigenvalue weighted by atomic mass is 9.95. The van der Waals surface area contributed by atoms with Crippen LogP contribution in [0, 0.1) is 6.92 Å². The first-order chi connectivity index (χ1) is 15.5. The number of benzene rings is 1. The van der Waals surface area contributed by atoms with Gasteiger partial charge in [-0.3, -0.25) is 14.5 Å². The van der Waals surface area contributed by atoms with Crippen molar-refractivity contribution >= 4 is 11.8 Å². The number of para-hydroxylation sites is 1. The first kappa shape index (κ1) is 22.2. The number of likely N-dealkylation sites (tertiary alicyclic amines) is 2. The van der Waals surface area contributed by atoms with E-state index in [1.807, 2.05) is 36.1 Å². The second-order valence-electron chi connectivity index (χ2n) is 8.51. The van der Waals surface area contributed by atoms with Gasteiger partial charge < -0.3 is 15.0 Å². The molecular weight excluding hydrogens is 406 g/mol. The number of methoxy groups -OCH3 is 1. The molecule has 8 nitrogen and oxygen atoms in total. The lowest BCUT2D eigenvalue weighted by molar-refractivity contribution is -0.136. The number of nitrogens with zero attached hydrogens (tertiary/aromatic N) is 4. The van der Waals surface area contributed by atoms with Crippen LogP contribution in [0.3, 0.4) is 0 Å². The van der Waals surface area contributed by atoms with Crippen molar-refractivity contribution in [2.45, 2.75) is 38.6 Å². The molecule has 2 aromatic rings. The van der Waals surface area contributed by atoms with Crippen LogP contribution in [-0.4, -0.2) is 71.4 Å². The molecule has 8 heteroatoms. The van der Waals surface area contributed by atoms with E-state index in [1.54, 1.807) is 13.3 Å². The van der Waals surface area contributed by atoms with Gasteiger partial charge >= 0.3 is 0 Å². The minimum atomic E-state index is -0.195. The summed E-state index contributed by atoms with van der Waals surface area (Å²) in [5.74, 6) is 1.84. The van der Waals surface area contributed by atoms with E-state index in [1.165, 1.54) is 0 Å². The van der Waals surface area contributed by atoms with Crippen LogP contribution in [0.15, 0.2) is 30.5 Å². The van der Waals surface area contributed by atoms with Gasteiger partial charge in [0.2, 0.25) is 5.91 Å². The maximum absolute atomic E-state index is 12.7. The van der Waals surface area contributed by atoms with Gasteiger partial charge in [0.05, 0.1) is 24.9 Å². The van der Waals surface area contributed by atoms with Gasteiger partial charge in [0.15, 0.2) is 0 Å². The topological polar surface area (TPSA) is 87.7 Å². The lowest BCUT2D eigenvalue weighted by Crippen LogP contribution is -2.48. The average molecular weight is 438 g/mol. The summed E-state index contributed by atoms with van der Waals surface area (Å²) >= 11 is 0. The molecule has 3 heterocycles. The Balaban J connectivity index is 1.31. The Kier molecular flexibility index (Phi) is 6.99. The maximum atomic E-state index is 12.7. The molecule has 2 saturated heterocycles. The number of carbonyl (C=O) groups excluding carboxylic acids is 2. The van der Waals surface area contributed by atoms with Gasteiger partial charge in [-0.15, -0.1) is 0 Å². The monoisotopic (exact) mass is 437 g/mol. The molecule has 1 aromatic carbocycles. The molecular formula is C24H31N5O3. The summed E-state index contributed by atoms with van der Waals surface area (Å²) in [4.78, 5) is 38.2. The minimum Gasteiger partial charge on any atom is -0.496 e. The number of ether oxygens (including phenoxy) is 1. The fourth-order valence-electron chi connectivity index (χ4n) is 4.23. The van der Waals surface area contributed by atoms with E-state index in [0.717, 1.165) is 62.6 Å². The highest BCUT2D eigenvalue weighted by atomic mass is 16.5. The zero-order valence-corrected chi connectivity index (χ0v) is 18.8. The van der Waals surface area contributed by atoms with Crippen molar-refractivity contribution in [1.29, 1.82) is 0 Å². The predicted octanol–water partition coefficient (Wildman–Crippen LogP) is 2.14. The third-order valence-electron chi connectivity index (χ3n) is 6.39. The molecule has 0 spiro atoms. The van der Waals surface area contributed by atoms with Crippen LogP contribution >= 0.6 is 0 Å². The van der Waals surface area contributed by atoms with Crippen LogP contribution in [0.2, 0.25) is 0 Å². The summed E-state index contributed by atoms with van der Waals surface area (Å²) in [5.41, 5.74) is 2.09. The van der Waals surface area contributed by atoms with Gasteiger partial charge in [0.25, 0.3) is 5.91 Å². The highest BCUT2D eigenvalue weighted by molar-refractivity contribution is 5.94. The average Bonchev–Trinajstić information content (AvgIpc) is 2.77. The van der Waals surface area contributed by atoms with Crippen molar-refractivity contribution < 1.29 is 14.3 Å². The smallest absolute Gasteiger partial charge is 0.254 e. The fourth-order valence-corrected chi connectivity index (χ4v) is 4.23. The zero-order valence-electron chi connectivity index (χ0n) is 18.8. The Labute approximate surface area is 189 Å². The van der Waals surface area contributed by atoms with E-state index in [0.29, 0.717) is 24.3 Å². The minimum absolute atomic E-state index is 0.195. The van der Waals surface area contributed by atoms with Crippen molar-refractivity contribution in [2.75, 3.05) is 39.8 Å². The molecule has 2 aliphatic heterocycles. The van der Waals surface area contributed by atoms with Crippen molar-refractivity contribution in [2.24, 2.45) is 0 Å². The second kappa shape index (κ2) is 10.1. The van der Waals surface area contributed by atoms with E-state index in [4.69, 9.17) is 4.74 Å². The standard InChI is InChI=1S/C24H31N5O3/c1-17-20(24(31)26-14-19-6-3-4-7-21(19)32-2)15-25-23(27-17)18-8-12-28(13-9-18)16-22(30)29-10-5-11-29/h3-4,6-7,15,18H,5,8-14,16H2,1-2H3,(H,26,31). The summed E-state index contributed by atoms with van der Waals surface area (Å²) in [7, 11) is 1.62. The third kappa shape index (κ3) is 5.07. The van der Waals surface area contributed by atoms with Gasteiger partial charge in [-0.05, 0) is 45.3 Å². The molecule has 32 heavy (non-hydrogen) atoms. The SMILES string of the molecule is COc1ccccc1CNC(=O)c1cnc(C2CCN(CC(=O)N3CCC3)CC2)nc1C. The van der Waals surface area contributed by atoms with Crippen molar-refractivity contribution in [3.63, 3.8) is 0 Å². The fraction of sp³-hybridized carbons (Fsp3) is 0.500. The highest BCUT2D eigenvalue weighted by Gasteiger charge is 2.27. The number of piperidine rings is 1. The third-order valence-corrected chi connectivity index (χ3v) is 6.39. The van der Waals surface area contributed by atoms with Crippen LogP contribution in [0.1, 0.15) is 52.6 Å². The van der Waals surface area contributed by atoms with Crippen molar-refractivity contribution in [1.82, 2.24) is 25.1 Å². The van der Waals surface area contributed by atoms with Gasteiger partial charge in [-0.1, -0.05) is 18.2 Å². The van der Waals surface area contributed by atoms with Crippen LogP contribution in [-0.2, 0) is 11.3 Å². The molecule has 0 saturated carbocycles. The summed E-state index contributed by atoms with van der Waals surface area (Å²) in [6, 6.07) is 7.61. The molecule has 2 amide bonds. The van der Waals surface area contributed by atoms with Crippen LogP contribution in [0.25, 0.3) is 0 Å². The van der Waals surface area contributed by atoms with Gasteiger partial charge in [0, 0.05) is 37.3 Å². The van der Waals surface area contributed by atoms with E-state index in [-0.39, 0.29) is 17.7 Å². The molecule has 0 radical (unpaired) electrons. The second-order valence-corrected chi connectivity index (χ2v) is 8.51. The van der Waals surface area contributed by atoms with E-state index < -0.39 is 0 Å². The number of nitrogens with one attached hydrogen (secondary N) is 1. The first-order valence-corrected chi connectivity index (χ1v) is 11.3. The Morgan fingerprint density at radius 2 is 1.91 bits per heavy atom. The highest BCUT2D eigenvalue weighted by Crippen LogP contribution is 2.26. The number of aromatic nitrogens is 2. The normalized spacial score (nSPS) is 17.0. The lowest BCUT2D eigenvalue weighted by Gasteiger charge is -2.35. The van der Waals surface area contributed by atoms with E-state index in [9.17, 15) is 9.59 Å². The number of hydrogen-bond donors (Lipinski definition) is 1. The van der Waals surface area contributed by atoms with Crippen LogP contribution in [0.5, 0.6) is 5.75 Å². The first-order valence-electron chi connectivity index (χ1n) is 11.3. The maximum Gasteiger partial charge on any atom is 0.254 e. The Hall–Kier alpha value is -3.00. The molecule has 2 fully saturated rings. The number of rotatable bonds is 7. The summed E-state index contributed by atoms with van der Waals surface area (Å²) in [6.45, 7) is 6.28. The Morgan fingerprint density at radius 1 is 1.16 bits per heavy atom. The van der Waals surface area contributed by atoms with Crippen molar-refractivity contribution in [3.8, 4) is 5.75 Å². The van der Waals surface area contributed by atoms with Gasteiger partial charge in [-0.25, -0.2) is 9.97 Å². The van der Waals surface area contributed by atoms with Crippen LogP contribution < -0.4 is 10.1 Å². The van der Waals surface area contributed by atoms with E-state index >= 15 is 0 Å². The number of aryl methyl sites for hydroxylation is 1. The van der Waals surface area contributed by atoms with Gasteiger partial charge in [-0.2, -0.15) is 0 Å². The van der Waals surface area contributed by atoms with Gasteiger partial charge in [0.1, 0.15) is 11.6 Å². The zero-order chi connectivity index (χ0) is 22.5. The van der Waals surface area contributed by atoms with E-state index in [2.05, 4.69) is 20.2 Å². The molecule has 0 atom stereocenters. The van der Waals surface area contributed by atoms with Crippen molar-refractivity contribution in [3.05, 3.63) is 53.1 Å². The molecule has 0 bridgehead atoms. The molecule has 1 aromatic heterocycles. The molecule has 4 rings (SSSR count). The number of amides is 2. The quantitative estimate of drug-likeness (QED) is 0.714. The molecule has 2 aliphatic rings. The summed E-state index contributed by atoms with van der Waals surface area (Å²) < 4.78 is 5.34. The predicted molar refractivity (Wildman–Crippen MR) is 121 cm³/mol. The largest absolute Gasteiger partial charge is 0.496 e. The Bertz CT molecular complexity index is 968. The molecule has 0 aliphatic carbocycles.